The molecule has 0 spiro atoms. The van der Waals surface area contributed by atoms with E-state index in [0.29, 0.717) is 17.3 Å². The fourth-order valence-corrected chi connectivity index (χ4v) is 4.87. The predicted octanol–water partition coefficient (Wildman–Crippen LogP) is 5.82. The minimum absolute atomic E-state index is 0.271. The molecule has 1 aliphatic heterocycles. The largest absolute Gasteiger partial charge is 0.494 e. The molecular formula is C26H24ClN3O4S. The zero-order valence-corrected chi connectivity index (χ0v) is 21.1. The third-order valence-corrected chi connectivity index (χ3v) is 6.72. The van der Waals surface area contributed by atoms with Crippen molar-refractivity contribution in [3.05, 3.63) is 81.5 Å². The van der Waals surface area contributed by atoms with E-state index in [1.165, 1.54) is 0 Å². The lowest BCUT2D eigenvalue weighted by Crippen LogP contribution is -2.36. The lowest BCUT2D eigenvalue weighted by molar-refractivity contribution is -0.127. The molecule has 1 saturated heterocycles. The maximum atomic E-state index is 12.9. The number of amides is 3. The molecule has 180 valence electrons. The van der Waals surface area contributed by atoms with E-state index in [4.69, 9.17) is 16.3 Å². The van der Waals surface area contributed by atoms with Crippen LogP contribution in [0.5, 0.6) is 5.75 Å². The van der Waals surface area contributed by atoms with Gasteiger partial charge in [-0.3, -0.25) is 19.3 Å². The molecule has 9 heteroatoms. The number of para-hydroxylation sites is 1. The summed E-state index contributed by atoms with van der Waals surface area (Å²) >= 11 is 6.89. The van der Waals surface area contributed by atoms with Gasteiger partial charge in [0.1, 0.15) is 12.3 Å². The van der Waals surface area contributed by atoms with E-state index in [1.807, 2.05) is 51.1 Å². The number of nitrogens with zero attached hydrogens (tertiary/aromatic N) is 2. The Kier molecular flexibility index (Phi) is 7.33. The molecule has 0 atom stereocenters. The van der Waals surface area contributed by atoms with Crippen LogP contribution in [0.1, 0.15) is 23.9 Å². The third kappa shape index (κ3) is 5.28. The molecule has 1 N–H and O–H groups in total. The molecule has 0 radical (unpaired) electrons. The van der Waals surface area contributed by atoms with E-state index in [9.17, 15) is 14.4 Å². The normalized spacial score (nSPS) is 14.6. The molecule has 2 heterocycles. The van der Waals surface area contributed by atoms with E-state index >= 15 is 0 Å². The highest BCUT2D eigenvalue weighted by molar-refractivity contribution is 8.18. The Morgan fingerprint density at radius 1 is 1.11 bits per heavy atom. The van der Waals surface area contributed by atoms with Crippen LogP contribution in [0, 0.1) is 13.8 Å². The highest BCUT2D eigenvalue weighted by atomic mass is 35.5. The average Bonchev–Trinajstić information content (AvgIpc) is 3.25. The number of ether oxygens (including phenoxy) is 1. The Morgan fingerprint density at radius 3 is 2.51 bits per heavy atom. The number of benzene rings is 2. The number of carbonyl (C=O) groups is 3. The number of thioether (sulfide) groups is 1. The average molecular weight is 510 g/mol. The highest BCUT2D eigenvalue weighted by Gasteiger charge is 2.36. The Bertz CT molecular complexity index is 1330. The van der Waals surface area contributed by atoms with Crippen LogP contribution >= 0.6 is 23.4 Å². The Morgan fingerprint density at radius 2 is 1.83 bits per heavy atom. The number of anilines is 1. The Labute approximate surface area is 212 Å². The lowest BCUT2D eigenvalue weighted by Gasteiger charge is -2.13. The number of imide groups is 1. The number of rotatable bonds is 7. The van der Waals surface area contributed by atoms with Crippen molar-refractivity contribution in [1.82, 2.24) is 9.47 Å². The molecule has 0 saturated carbocycles. The highest BCUT2D eigenvalue weighted by Crippen LogP contribution is 2.34. The van der Waals surface area contributed by atoms with Crippen molar-refractivity contribution in [2.24, 2.45) is 0 Å². The van der Waals surface area contributed by atoms with Crippen LogP contribution in [0.15, 0.2) is 59.5 Å². The first-order chi connectivity index (χ1) is 16.8. The summed E-state index contributed by atoms with van der Waals surface area (Å²) in [6, 6.07) is 16.5. The van der Waals surface area contributed by atoms with Crippen molar-refractivity contribution in [3.63, 3.8) is 0 Å². The second kappa shape index (κ2) is 10.4. The lowest BCUT2D eigenvalue weighted by atomic mass is 10.2. The van der Waals surface area contributed by atoms with Crippen LogP contribution in [-0.2, 0) is 9.59 Å². The van der Waals surface area contributed by atoms with Crippen molar-refractivity contribution in [2.75, 3.05) is 18.5 Å². The van der Waals surface area contributed by atoms with Gasteiger partial charge in [-0.05, 0) is 86.6 Å². The van der Waals surface area contributed by atoms with Gasteiger partial charge in [-0.15, -0.1) is 0 Å². The zero-order valence-electron chi connectivity index (χ0n) is 19.5. The molecule has 35 heavy (non-hydrogen) atoms. The van der Waals surface area contributed by atoms with Gasteiger partial charge >= 0.3 is 0 Å². The summed E-state index contributed by atoms with van der Waals surface area (Å²) in [7, 11) is 0. The van der Waals surface area contributed by atoms with E-state index < -0.39 is 23.6 Å². The van der Waals surface area contributed by atoms with E-state index in [0.717, 1.165) is 45.1 Å². The molecule has 3 amide bonds. The van der Waals surface area contributed by atoms with Gasteiger partial charge in [-0.1, -0.05) is 23.7 Å². The fourth-order valence-electron chi connectivity index (χ4n) is 3.86. The Balaban J connectivity index is 1.52. The van der Waals surface area contributed by atoms with Crippen LogP contribution in [0.3, 0.4) is 0 Å². The number of nitrogens with one attached hydrogen (secondary N) is 1. The summed E-state index contributed by atoms with van der Waals surface area (Å²) < 4.78 is 7.59. The first-order valence-electron chi connectivity index (χ1n) is 11.0. The summed E-state index contributed by atoms with van der Waals surface area (Å²) in [5, 5.41) is 2.52. The fraction of sp³-hybridized carbons (Fsp3) is 0.192. The van der Waals surface area contributed by atoms with Crippen LogP contribution in [0.2, 0.25) is 5.02 Å². The smallest absolute Gasteiger partial charge is 0.294 e. The molecule has 0 aliphatic carbocycles. The van der Waals surface area contributed by atoms with Crippen LogP contribution in [0.25, 0.3) is 11.8 Å². The summed E-state index contributed by atoms with van der Waals surface area (Å²) in [6.45, 7) is 6.08. The number of halogens is 1. The molecule has 1 aromatic heterocycles. The standard InChI is InChI=1S/C26H24ClN3O4S/c1-4-34-20-11-9-19(10-12-20)30-16(2)13-18(17(30)3)14-23-25(32)29(26(33)35-23)15-24(31)28-22-8-6-5-7-21(22)27/h5-14H,4,15H2,1-3H3,(H,28,31)/b23-14+. The van der Waals surface area contributed by atoms with E-state index in [1.54, 1.807) is 30.3 Å². The minimum Gasteiger partial charge on any atom is -0.494 e. The van der Waals surface area contributed by atoms with Crippen molar-refractivity contribution >= 4 is 52.2 Å². The molecule has 2 aromatic carbocycles. The summed E-state index contributed by atoms with van der Waals surface area (Å²) in [4.78, 5) is 39.1. The second-order valence-electron chi connectivity index (χ2n) is 7.88. The van der Waals surface area contributed by atoms with Gasteiger partial charge in [0.15, 0.2) is 0 Å². The summed E-state index contributed by atoms with van der Waals surface area (Å²) in [5.41, 5.74) is 4.12. The van der Waals surface area contributed by atoms with Gasteiger partial charge in [-0.2, -0.15) is 0 Å². The molecule has 1 aliphatic rings. The third-order valence-electron chi connectivity index (χ3n) is 5.49. The number of carbonyl (C=O) groups excluding carboxylic acids is 3. The van der Waals surface area contributed by atoms with Crippen molar-refractivity contribution in [2.45, 2.75) is 20.8 Å². The number of hydrogen-bond acceptors (Lipinski definition) is 5. The summed E-state index contributed by atoms with van der Waals surface area (Å²) in [6.07, 6.45) is 1.70. The van der Waals surface area contributed by atoms with Gasteiger partial charge in [0, 0.05) is 17.1 Å². The maximum Gasteiger partial charge on any atom is 0.294 e. The predicted molar refractivity (Wildman–Crippen MR) is 139 cm³/mol. The topological polar surface area (TPSA) is 80.6 Å². The van der Waals surface area contributed by atoms with E-state index in [2.05, 4.69) is 9.88 Å². The van der Waals surface area contributed by atoms with Crippen molar-refractivity contribution in [3.8, 4) is 11.4 Å². The first-order valence-corrected chi connectivity index (χ1v) is 12.2. The number of aromatic nitrogens is 1. The van der Waals surface area contributed by atoms with E-state index in [-0.39, 0.29) is 4.91 Å². The second-order valence-corrected chi connectivity index (χ2v) is 9.29. The van der Waals surface area contributed by atoms with Gasteiger partial charge in [0.2, 0.25) is 5.91 Å². The van der Waals surface area contributed by atoms with Crippen LogP contribution in [0.4, 0.5) is 10.5 Å². The maximum absolute atomic E-state index is 12.9. The molecule has 4 rings (SSSR count). The van der Waals surface area contributed by atoms with Gasteiger partial charge in [0.05, 0.1) is 22.2 Å². The van der Waals surface area contributed by atoms with Gasteiger partial charge in [-0.25, -0.2) is 0 Å². The van der Waals surface area contributed by atoms with Crippen molar-refractivity contribution in [1.29, 1.82) is 0 Å². The van der Waals surface area contributed by atoms with Gasteiger partial charge < -0.3 is 14.6 Å². The molecule has 0 unspecified atom stereocenters. The van der Waals surface area contributed by atoms with Crippen LogP contribution < -0.4 is 10.1 Å². The molecule has 3 aromatic rings. The molecular weight excluding hydrogens is 486 g/mol. The van der Waals surface area contributed by atoms with Crippen LogP contribution in [-0.4, -0.2) is 39.7 Å². The molecule has 0 bridgehead atoms. The Hall–Kier alpha value is -3.49. The SMILES string of the molecule is CCOc1ccc(-n2c(C)cc(/C=C3/SC(=O)N(CC(=O)Nc4ccccc4Cl)C3=O)c2C)cc1. The summed E-state index contributed by atoms with van der Waals surface area (Å²) in [5.74, 6) is -0.207. The minimum atomic E-state index is -0.504. The quantitative estimate of drug-likeness (QED) is 0.406. The van der Waals surface area contributed by atoms with Gasteiger partial charge in [0.25, 0.3) is 11.1 Å². The first kappa shape index (κ1) is 24.6. The monoisotopic (exact) mass is 509 g/mol. The molecule has 7 nitrogen and oxygen atoms in total. The van der Waals surface area contributed by atoms with Crippen molar-refractivity contribution < 1.29 is 19.1 Å². The zero-order chi connectivity index (χ0) is 25.1. The number of hydrogen-bond donors (Lipinski definition) is 1. The molecule has 1 fully saturated rings. The number of aryl methyl sites for hydroxylation is 1.